The van der Waals surface area contributed by atoms with Gasteiger partial charge in [-0.2, -0.15) is 0 Å². The summed E-state index contributed by atoms with van der Waals surface area (Å²) in [5, 5.41) is 0. The first-order chi connectivity index (χ1) is 7.09. The molecule has 0 aliphatic carbocycles. The van der Waals surface area contributed by atoms with E-state index in [1.807, 2.05) is 5.51 Å². The molecule has 0 aliphatic heterocycles. The maximum Gasteiger partial charge on any atom is 0.143 e. The van der Waals surface area contributed by atoms with Crippen molar-refractivity contribution in [2.75, 3.05) is 0 Å². The van der Waals surface area contributed by atoms with Crippen LogP contribution in [0.15, 0.2) is 11.6 Å². The van der Waals surface area contributed by atoms with E-state index in [-0.39, 0.29) is 0 Å². The fraction of sp³-hybridized carbons (Fsp3) is 0.500. The Morgan fingerprint density at radius 2 is 1.87 bits per heavy atom. The van der Waals surface area contributed by atoms with E-state index >= 15 is 0 Å². The van der Waals surface area contributed by atoms with Gasteiger partial charge in [0.15, 0.2) is 0 Å². The lowest BCUT2D eigenvalue weighted by atomic mass is 9.95. The standard InChI is InChI=1S/C12H16N2S/c1-7(2)9-5-10-12(15-6-13-10)14-11(9)8(3)4/h5-8H,1-4H3. The molecule has 0 radical (unpaired) electrons. The van der Waals surface area contributed by atoms with Crippen LogP contribution >= 0.6 is 11.3 Å². The Balaban J connectivity index is 2.68. The minimum Gasteiger partial charge on any atom is -0.243 e. The summed E-state index contributed by atoms with van der Waals surface area (Å²) in [5.41, 5.74) is 5.46. The van der Waals surface area contributed by atoms with Gasteiger partial charge >= 0.3 is 0 Å². The van der Waals surface area contributed by atoms with Gasteiger partial charge in [-0.3, -0.25) is 0 Å². The SMILES string of the molecule is CC(C)c1cc2ncsc2nc1C(C)C. The molecular formula is C12H16N2S. The van der Waals surface area contributed by atoms with Gasteiger partial charge in [-0.1, -0.05) is 27.7 Å². The van der Waals surface area contributed by atoms with Crippen LogP contribution in [0.3, 0.4) is 0 Å². The van der Waals surface area contributed by atoms with Gasteiger partial charge in [0.25, 0.3) is 0 Å². The molecule has 2 rings (SSSR count). The van der Waals surface area contributed by atoms with Crippen molar-refractivity contribution in [2.24, 2.45) is 0 Å². The molecule has 2 nitrogen and oxygen atoms in total. The molecule has 3 heteroatoms. The summed E-state index contributed by atoms with van der Waals surface area (Å²) in [4.78, 5) is 10.1. The molecule has 0 aliphatic rings. The molecule has 0 aromatic carbocycles. The Labute approximate surface area is 94.4 Å². The smallest absolute Gasteiger partial charge is 0.143 e. The first-order valence-corrected chi connectivity index (χ1v) is 6.21. The second-order valence-electron chi connectivity index (χ2n) is 4.45. The molecule has 0 saturated carbocycles. The molecule has 0 unspecified atom stereocenters. The highest BCUT2D eigenvalue weighted by atomic mass is 32.1. The monoisotopic (exact) mass is 220 g/mol. The molecule has 0 fully saturated rings. The van der Waals surface area contributed by atoms with Crippen LogP contribution in [0, 0.1) is 0 Å². The van der Waals surface area contributed by atoms with Gasteiger partial charge < -0.3 is 0 Å². The normalized spacial score (nSPS) is 11.9. The molecule has 0 amide bonds. The third-order valence-electron chi connectivity index (χ3n) is 2.55. The maximum absolute atomic E-state index is 4.71. The molecular weight excluding hydrogens is 204 g/mol. The zero-order chi connectivity index (χ0) is 11.0. The quantitative estimate of drug-likeness (QED) is 0.766. The van der Waals surface area contributed by atoms with Crippen LogP contribution in [0.5, 0.6) is 0 Å². The number of thiazole rings is 1. The molecule has 2 heterocycles. The van der Waals surface area contributed by atoms with Crippen LogP contribution in [-0.2, 0) is 0 Å². The number of hydrogen-bond donors (Lipinski definition) is 0. The zero-order valence-corrected chi connectivity index (χ0v) is 10.4. The van der Waals surface area contributed by atoms with E-state index in [1.54, 1.807) is 11.3 Å². The van der Waals surface area contributed by atoms with Gasteiger partial charge in [-0.15, -0.1) is 11.3 Å². The summed E-state index contributed by atoms with van der Waals surface area (Å²) in [7, 11) is 0. The van der Waals surface area contributed by atoms with Crippen molar-refractivity contribution in [1.82, 2.24) is 9.97 Å². The van der Waals surface area contributed by atoms with Crippen molar-refractivity contribution in [3.8, 4) is 0 Å². The molecule has 2 aromatic rings. The lowest BCUT2D eigenvalue weighted by molar-refractivity contribution is 0.764. The summed E-state index contributed by atoms with van der Waals surface area (Å²) in [5.74, 6) is 0.995. The van der Waals surface area contributed by atoms with E-state index in [1.165, 1.54) is 11.3 Å². The minimum atomic E-state index is 0.480. The van der Waals surface area contributed by atoms with Gasteiger partial charge in [0, 0.05) is 5.69 Å². The highest BCUT2D eigenvalue weighted by Crippen LogP contribution is 2.28. The largest absolute Gasteiger partial charge is 0.243 e. The highest BCUT2D eigenvalue weighted by Gasteiger charge is 2.13. The molecule has 0 saturated heterocycles. The summed E-state index contributed by atoms with van der Waals surface area (Å²) < 4.78 is 0. The fourth-order valence-corrected chi connectivity index (χ4v) is 2.40. The second kappa shape index (κ2) is 3.89. The van der Waals surface area contributed by atoms with Crippen molar-refractivity contribution in [1.29, 1.82) is 0 Å². The van der Waals surface area contributed by atoms with E-state index in [4.69, 9.17) is 4.98 Å². The maximum atomic E-state index is 4.71. The molecule has 15 heavy (non-hydrogen) atoms. The third kappa shape index (κ3) is 1.88. The molecule has 80 valence electrons. The fourth-order valence-electron chi connectivity index (χ4n) is 1.75. The highest BCUT2D eigenvalue weighted by molar-refractivity contribution is 7.16. The first-order valence-electron chi connectivity index (χ1n) is 5.33. The summed E-state index contributed by atoms with van der Waals surface area (Å²) >= 11 is 1.62. The van der Waals surface area contributed by atoms with E-state index < -0.39 is 0 Å². The Bertz CT molecular complexity index is 429. The molecule has 0 spiro atoms. The van der Waals surface area contributed by atoms with E-state index in [2.05, 4.69) is 38.7 Å². The number of fused-ring (bicyclic) bond motifs is 1. The summed E-state index contributed by atoms with van der Waals surface area (Å²) in [6, 6.07) is 2.19. The van der Waals surface area contributed by atoms with Crippen LogP contribution in [0.1, 0.15) is 50.8 Å². The second-order valence-corrected chi connectivity index (χ2v) is 5.28. The molecule has 0 bridgehead atoms. The van der Waals surface area contributed by atoms with Crippen LogP contribution in [-0.4, -0.2) is 9.97 Å². The summed E-state index contributed by atoms with van der Waals surface area (Å²) in [6.07, 6.45) is 0. The van der Waals surface area contributed by atoms with E-state index in [0.29, 0.717) is 11.8 Å². The van der Waals surface area contributed by atoms with Crippen molar-refractivity contribution in [3.63, 3.8) is 0 Å². The lowest BCUT2D eigenvalue weighted by Gasteiger charge is -2.14. The average molecular weight is 220 g/mol. The first kappa shape index (κ1) is 10.6. The lowest BCUT2D eigenvalue weighted by Crippen LogP contribution is -2.01. The van der Waals surface area contributed by atoms with E-state index in [9.17, 15) is 0 Å². The minimum absolute atomic E-state index is 0.480. The van der Waals surface area contributed by atoms with Gasteiger partial charge in [0.05, 0.1) is 5.51 Å². The Morgan fingerprint density at radius 3 is 2.47 bits per heavy atom. The zero-order valence-electron chi connectivity index (χ0n) is 9.61. The van der Waals surface area contributed by atoms with Gasteiger partial charge in [0.1, 0.15) is 10.3 Å². The predicted molar refractivity (Wildman–Crippen MR) is 65.6 cm³/mol. The van der Waals surface area contributed by atoms with Crippen LogP contribution in [0.2, 0.25) is 0 Å². The topological polar surface area (TPSA) is 25.8 Å². The summed E-state index contributed by atoms with van der Waals surface area (Å²) in [6.45, 7) is 8.81. The van der Waals surface area contributed by atoms with Crippen molar-refractivity contribution in [2.45, 2.75) is 39.5 Å². The molecule has 0 atom stereocenters. The number of hydrogen-bond acceptors (Lipinski definition) is 3. The van der Waals surface area contributed by atoms with Gasteiger partial charge in [-0.05, 0) is 23.5 Å². The number of pyridine rings is 1. The molecule has 0 N–H and O–H groups in total. The van der Waals surface area contributed by atoms with Crippen LogP contribution in [0.25, 0.3) is 10.3 Å². The van der Waals surface area contributed by atoms with Gasteiger partial charge in [0.2, 0.25) is 0 Å². The Hall–Kier alpha value is -0.960. The average Bonchev–Trinajstić information content (AvgIpc) is 2.61. The van der Waals surface area contributed by atoms with Crippen molar-refractivity contribution >= 4 is 21.7 Å². The predicted octanol–water partition coefficient (Wildman–Crippen LogP) is 3.94. The van der Waals surface area contributed by atoms with Crippen molar-refractivity contribution < 1.29 is 0 Å². The number of nitrogens with zero attached hydrogens (tertiary/aromatic N) is 2. The van der Waals surface area contributed by atoms with E-state index in [0.717, 1.165) is 10.3 Å². The van der Waals surface area contributed by atoms with Crippen LogP contribution in [0.4, 0.5) is 0 Å². The third-order valence-corrected chi connectivity index (χ3v) is 3.29. The van der Waals surface area contributed by atoms with Crippen molar-refractivity contribution in [3.05, 3.63) is 22.8 Å². The van der Waals surface area contributed by atoms with Crippen LogP contribution < -0.4 is 0 Å². The number of aromatic nitrogens is 2. The van der Waals surface area contributed by atoms with Gasteiger partial charge in [-0.25, -0.2) is 9.97 Å². The Kier molecular flexibility index (Phi) is 2.74. The molecule has 2 aromatic heterocycles. The Morgan fingerprint density at radius 1 is 1.13 bits per heavy atom. The number of rotatable bonds is 2.